The summed E-state index contributed by atoms with van der Waals surface area (Å²) in [5.41, 5.74) is 2.11. The summed E-state index contributed by atoms with van der Waals surface area (Å²) in [4.78, 5) is 2.67. The van der Waals surface area contributed by atoms with E-state index in [9.17, 15) is 0 Å². The number of hydrogen-bond donors (Lipinski definition) is 1. The van der Waals surface area contributed by atoms with Gasteiger partial charge < -0.3 is 5.32 Å². The van der Waals surface area contributed by atoms with Crippen molar-refractivity contribution in [2.45, 2.75) is 45.1 Å². The third-order valence-electron chi connectivity index (χ3n) is 5.28. The van der Waals surface area contributed by atoms with Crippen LogP contribution >= 0.6 is 0 Å². The van der Waals surface area contributed by atoms with Gasteiger partial charge in [0.1, 0.15) is 0 Å². The van der Waals surface area contributed by atoms with Crippen molar-refractivity contribution < 1.29 is 0 Å². The minimum atomic E-state index is 0.648. The van der Waals surface area contributed by atoms with E-state index in [0.717, 1.165) is 6.54 Å². The van der Waals surface area contributed by atoms with Gasteiger partial charge in [0.05, 0.1) is 0 Å². The molecule has 0 bridgehead atoms. The van der Waals surface area contributed by atoms with Crippen LogP contribution in [0.15, 0.2) is 30.3 Å². The topological polar surface area (TPSA) is 15.3 Å². The Morgan fingerprint density at radius 1 is 0.900 bits per heavy atom. The Kier molecular flexibility index (Phi) is 4.74. The predicted octanol–water partition coefficient (Wildman–Crippen LogP) is 3.43. The predicted molar refractivity (Wildman–Crippen MR) is 84.7 cm³/mol. The molecule has 110 valence electrons. The summed E-state index contributed by atoms with van der Waals surface area (Å²) in [5, 5.41) is 3.58. The third-order valence-corrected chi connectivity index (χ3v) is 5.28. The van der Waals surface area contributed by atoms with Crippen molar-refractivity contribution in [2.75, 3.05) is 26.2 Å². The minimum Gasteiger partial charge on any atom is -0.317 e. The van der Waals surface area contributed by atoms with Gasteiger partial charge in [-0.25, -0.2) is 0 Å². The van der Waals surface area contributed by atoms with Crippen LogP contribution in [0.4, 0.5) is 0 Å². The van der Waals surface area contributed by atoms with E-state index < -0.39 is 0 Å². The molecule has 1 spiro atoms. The molecule has 0 saturated carbocycles. The summed E-state index contributed by atoms with van der Waals surface area (Å²) in [6.45, 7) is 6.17. The molecule has 0 aromatic heterocycles. The van der Waals surface area contributed by atoms with Crippen molar-refractivity contribution in [1.29, 1.82) is 0 Å². The number of benzene rings is 1. The second kappa shape index (κ2) is 6.73. The standard InChI is InChI=1S/C18H28N2/c1-2-6-17(7-3-1)16-20-14-5-9-18(11-15-20)8-4-12-19-13-10-18/h1-3,6-7,19H,4-5,8-16H2. The quantitative estimate of drug-likeness (QED) is 0.887. The number of hydrogen-bond acceptors (Lipinski definition) is 2. The molecular weight excluding hydrogens is 244 g/mol. The average Bonchev–Trinajstić information content (AvgIpc) is 2.82. The van der Waals surface area contributed by atoms with E-state index >= 15 is 0 Å². The van der Waals surface area contributed by atoms with Gasteiger partial charge in [-0.3, -0.25) is 4.90 Å². The summed E-state index contributed by atoms with van der Waals surface area (Å²) in [6.07, 6.45) is 8.44. The maximum Gasteiger partial charge on any atom is 0.0233 e. The van der Waals surface area contributed by atoms with E-state index in [1.54, 1.807) is 0 Å². The van der Waals surface area contributed by atoms with Crippen LogP contribution in [0.3, 0.4) is 0 Å². The van der Waals surface area contributed by atoms with Crippen molar-refractivity contribution in [3.8, 4) is 0 Å². The van der Waals surface area contributed by atoms with E-state index in [1.165, 1.54) is 70.3 Å². The first-order valence-electron chi connectivity index (χ1n) is 8.33. The van der Waals surface area contributed by atoms with E-state index in [1.807, 2.05) is 0 Å². The third kappa shape index (κ3) is 3.62. The molecule has 3 rings (SSSR count). The molecule has 2 aliphatic heterocycles. The Morgan fingerprint density at radius 2 is 1.75 bits per heavy atom. The lowest BCUT2D eigenvalue weighted by atomic mass is 9.75. The van der Waals surface area contributed by atoms with Gasteiger partial charge in [0, 0.05) is 6.54 Å². The van der Waals surface area contributed by atoms with Gasteiger partial charge in [0.15, 0.2) is 0 Å². The van der Waals surface area contributed by atoms with E-state index in [2.05, 4.69) is 40.5 Å². The summed E-state index contributed by atoms with van der Waals surface area (Å²) in [5.74, 6) is 0. The van der Waals surface area contributed by atoms with Crippen LogP contribution in [-0.4, -0.2) is 31.1 Å². The molecule has 1 N–H and O–H groups in total. The molecule has 0 aliphatic carbocycles. The van der Waals surface area contributed by atoms with Crippen molar-refractivity contribution in [1.82, 2.24) is 10.2 Å². The Hall–Kier alpha value is -0.860. The molecular formula is C18H28N2. The molecule has 2 aliphatic rings. The molecule has 2 nitrogen and oxygen atoms in total. The molecule has 2 heterocycles. The molecule has 20 heavy (non-hydrogen) atoms. The van der Waals surface area contributed by atoms with Gasteiger partial charge >= 0.3 is 0 Å². The van der Waals surface area contributed by atoms with Crippen molar-refractivity contribution in [3.05, 3.63) is 35.9 Å². The maximum absolute atomic E-state index is 3.58. The van der Waals surface area contributed by atoms with Gasteiger partial charge in [-0.1, -0.05) is 30.3 Å². The molecule has 2 fully saturated rings. The molecule has 1 aromatic rings. The van der Waals surface area contributed by atoms with Gasteiger partial charge in [-0.05, 0) is 75.7 Å². The number of nitrogens with one attached hydrogen (secondary N) is 1. The fraction of sp³-hybridized carbons (Fsp3) is 0.667. The van der Waals surface area contributed by atoms with Crippen LogP contribution < -0.4 is 5.32 Å². The molecule has 0 amide bonds. The Balaban J connectivity index is 1.59. The lowest BCUT2D eigenvalue weighted by Crippen LogP contribution is -2.27. The zero-order chi connectivity index (χ0) is 13.7. The molecule has 1 aromatic carbocycles. The molecule has 1 unspecified atom stereocenters. The SMILES string of the molecule is c1ccc(CN2CCCC3(CCCNCC3)CC2)cc1. The lowest BCUT2D eigenvalue weighted by molar-refractivity contribution is 0.202. The molecule has 0 radical (unpaired) electrons. The highest BCUT2D eigenvalue weighted by molar-refractivity contribution is 5.14. The van der Waals surface area contributed by atoms with Crippen molar-refractivity contribution in [2.24, 2.45) is 5.41 Å². The largest absolute Gasteiger partial charge is 0.317 e. The zero-order valence-electron chi connectivity index (χ0n) is 12.6. The van der Waals surface area contributed by atoms with Crippen LogP contribution in [0.1, 0.15) is 44.1 Å². The summed E-state index contributed by atoms with van der Waals surface area (Å²) < 4.78 is 0. The number of likely N-dealkylation sites (tertiary alicyclic amines) is 1. The Bertz CT molecular complexity index is 393. The average molecular weight is 272 g/mol. The van der Waals surface area contributed by atoms with Crippen LogP contribution in [0.25, 0.3) is 0 Å². The first kappa shape index (κ1) is 14.1. The first-order chi connectivity index (χ1) is 9.86. The summed E-state index contributed by atoms with van der Waals surface area (Å²) in [7, 11) is 0. The highest BCUT2D eigenvalue weighted by atomic mass is 15.1. The smallest absolute Gasteiger partial charge is 0.0233 e. The van der Waals surface area contributed by atoms with Crippen LogP contribution in [0.2, 0.25) is 0 Å². The highest BCUT2D eigenvalue weighted by Gasteiger charge is 2.32. The second-order valence-electron chi connectivity index (χ2n) is 6.72. The van der Waals surface area contributed by atoms with Gasteiger partial charge in [-0.15, -0.1) is 0 Å². The maximum atomic E-state index is 3.58. The molecule has 1 atom stereocenters. The van der Waals surface area contributed by atoms with Gasteiger partial charge in [0.25, 0.3) is 0 Å². The van der Waals surface area contributed by atoms with Gasteiger partial charge in [0.2, 0.25) is 0 Å². The van der Waals surface area contributed by atoms with Crippen molar-refractivity contribution in [3.63, 3.8) is 0 Å². The van der Waals surface area contributed by atoms with Crippen LogP contribution in [0, 0.1) is 5.41 Å². The summed E-state index contributed by atoms with van der Waals surface area (Å²) in [6, 6.07) is 10.9. The lowest BCUT2D eigenvalue weighted by Gasteiger charge is -2.31. The fourth-order valence-electron chi connectivity index (χ4n) is 4.00. The molecule has 2 saturated heterocycles. The normalized spacial score (nSPS) is 29.0. The Morgan fingerprint density at radius 3 is 2.65 bits per heavy atom. The number of rotatable bonds is 2. The Labute approximate surface area is 123 Å². The monoisotopic (exact) mass is 272 g/mol. The van der Waals surface area contributed by atoms with E-state index in [0.29, 0.717) is 5.41 Å². The number of nitrogens with zero attached hydrogens (tertiary/aromatic N) is 1. The highest BCUT2D eigenvalue weighted by Crippen LogP contribution is 2.40. The minimum absolute atomic E-state index is 0.648. The van der Waals surface area contributed by atoms with Crippen LogP contribution in [0.5, 0.6) is 0 Å². The zero-order valence-corrected chi connectivity index (χ0v) is 12.6. The fourth-order valence-corrected chi connectivity index (χ4v) is 4.00. The first-order valence-corrected chi connectivity index (χ1v) is 8.33. The summed E-state index contributed by atoms with van der Waals surface area (Å²) >= 11 is 0. The second-order valence-corrected chi connectivity index (χ2v) is 6.72. The van der Waals surface area contributed by atoms with Crippen molar-refractivity contribution >= 4 is 0 Å². The van der Waals surface area contributed by atoms with Crippen LogP contribution in [-0.2, 0) is 6.54 Å². The van der Waals surface area contributed by atoms with Gasteiger partial charge in [-0.2, -0.15) is 0 Å². The van der Waals surface area contributed by atoms with E-state index in [4.69, 9.17) is 0 Å². The van der Waals surface area contributed by atoms with E-state index in [-0.39, 0.29) is 0 Å². The molecule has 2 heteroatoms.